The third-order valence-electron chi connectivity index (χ3n) is 8.86. The number of benzene rings is 2. The Kier molecular flexibility index (Phi) is 8.69. The van der Waals surface area contributed by atoms with Crippen molar-refractivity contribution in [1.29, 1.82) is 0 Å². The number of hydrogen-bond donors (Lipinski definition) is 3. The van der Waals surface area contributed by atoms with Gasteiger partial charge < -0.3 is 16.0 Å². The van der Waals surface area contributed by atoms with Crippen molar-refractivity contribution in [2.45, 2.75) is 76.8 Å². The van der Waals surface area contributed by atoms with Gasteiger partial charge in [0, 0.05) is 31.7 Å². The molecule has 2 fully saturated rings. The van der Waals surface area contributed by atoms with E-state index in [1.165, 1.54) is 5.56 Å². The molecule has 5 amide bonds. The zero-order valence-corrected chi connectivity index (χ0v) is 25.2. The Morgan fingerprint density at radius 3 is 2.35 bits per heavy atom. The molecule has 2 saturated heterocycles. The summed E-state index contributed by atoms with van der Waals surface area (Å²) < 4.78 is 0. The van der Waals surface area contributed by atoms with Crippen LogP contribution in [0.4, 0.5) is 5.69 Å². The van der Waals surface area contributed by atoms with Gasteiger partial charge >= 0.3 is 0 Å². The molecule has 3 heterocycles. The van der Waals surface area contributed by atoms with Crippen LogP contribution in [0.15, 0.2) is 42.5 Å². The van der Waals surface area contributed by atoms with Gasteiger partial charge in [-0.05, 0) is 66.7 Å². The SMILES string of the molecule is CC(C)(C)c1ccc(C[C@H](N)C(=O)N2CCC(CCNc3cccc4c3C(=O)N(C3CCC(=O)NC3=O)C4=O)CC2)cc1. The first-order valence-electron chi connectivity index (χ1n) is 15.2. The van der Waals surface area contributed by atoms with E-state index in [-0.39, 0.29) is 35.3 Å². The number of anilines is 1. The summed E-state index contributed by atoms with van der Waals surface area (Å²) in [4.78, 5) is 66.2. The Morgan fingerprint density at radius 2 is 1.70 bits per heavy atom. The predicted octanol–water partition coefficient (Wildman–Crippen LogP) is 3.00. The van der Waals surface area contributed by atoms with Crippen molar-refractivity contribution in [1.82, 2.24) is 15.1 Å². The molecule has 0 radical (unpaired) electrons. The number of hydrogen-bond acceptors (Lipinski definition) is 7. The van der Waals surface area contributed by atoms with Crippen LogP contribution in [-0.2, 0) is 26.2 Å². The largest absolute Gasteiger partial charge is 0.384 e. The van der Waals surface area contributed by atoms with Gasteiger partial charge in [-0.1, -0.05) is 51.1 Å². The number of rotatable bonds is 8. The molecule has 3 aliphatic heterocycles. The number of piperidine rings is 2. The first-order chi connectivity index (χ1) is 20.4. The molecule has 2 aromatic rings. The van der Waals surface area contributed by atoms with Crippen LogP contribution < -0.4 is 16.4 Å². The van der Waals surface area contributed by atoms with E-state index < -0.39 is 35.7 Å². The highest BCUT2D eigenvalue weighted by molar-refractivity contribution is 6.25. The van der Waals surface area contributed by atoms with Crippen molar-refractivity contribution < 1.29 is 24.0 Å². The molecule has 0 aromatic heterocycles. The minimum atomic E-state index is -0.993. The zero-order valence-electron chi connectivity index (χ0n) is 25.2. The first kappa shape index (κ1) is 30.4. The summed E-state index contributed by atoms with van der Waals surface area (Å²) in [6.45, 7) is 8.44. The Bertz CT molecular complexity index is 1420. The molecule has 0 aliphatic carbocycles. The van der Waals surface area contributed by atoms with Gasteiger partial charge in [0.15, 0.2) is 0 Å². The fourth-order valence-electron chi connectivity index (χ4n) is 6.23. The number of imide groups is 2. The van der Waals surface area contributed by atoms with Gasteiger partial charge in [0.25, 0.3) is 11.8 Å². The fourth-order valence-corrected chi connectivity index (χ4v) is 6.23. The normalized spacial score (nSPS) is 20.2. The number of nitrogens with one attached hydrogen (secondary N) is 2. The quantitative estimate of drug-likeness (QED) is 0.403. The van der Waals surface area contributed by atoms with Crippen LogP contribution in [0, 0.1) is 5.92 Å². The Morgan fingerprint density at radius 1 is 1.00 bits per heavy atom. The number of fused-ring (bicyclic) bond motifs is 1. The highest BCUT2D eigenvalue weighted by Gasteiger charge is 2.45. The summed E-state index contributed by atoms with van der Waals surface area (Å²) in [7, 11) is 0. The second-order valence-corrected chi connectivity index (χ2v) is 12.9. The molecule has 10 heteroatoms. The minimum Gasteiger partial charge on any atom is -0.384 e. The Hall–Kier alpha value is -4.05. The Labute approximate surface area is 252 Å². The number of likely N-dealkylation sites (tertiary alicyclic amines) is 1. The number of carbonyl (C=O) groups is 5. The van der Waals surface area contributed by atoms with Crippen LogP contribution in [0.25, 0.3) is 0 Å². The van der Waals surface area contributed by atoms with Crippen LogP contribution in [0.5, 0.6) is 0 Å². The lowest BCUT2D eigenvalue weighted by molar-refractivity contribution is -0.136. The van der Waals surface area contributed by atoms with Gasteiger partial charge in [-0.15, -0.1) is 0 Å². The van der Waals surface area contributed by atoms with Gasteiger partial charge in [-0.3, -0.25) is 34.2 Å². The third-order valence-corrected chi connectivity index (χ3v) is 8.86. The van der Waals surface area contributed by atoms with E-state index in [1.54, 1.807) is 18.2 Å². The van der Waals surface area contributed by atoms with E-state index in [4.69, 9.17) is 5.73 Å². The monoisotopic (exact) mass is 587 g/mol. The van der Waals surface area contributed by atoms with Gasteiger partial charge in [-0.25, -0.2) is 0 Å². The van der Waals surface area contributed by atoms with E-state index in [0.717, 1.165) is 29.7 Å². The van der Waals surface area contributed by atoms with Crippen molar-refractivity contribution in [2.24, 2.45) is 11.7 Å². The molecule has 0 bridgehead atoms. The molecule has 1 unspecified atom stereocenters. The van der Waals surface area contributed by atoms with Crippen molar-refractivity contribution in [3.8, 4) is 0 Å². The standard InChI is InChI=1S/C33H41N5O5/c1-33(2,3)22-9-7-21(8-10-22)19-24(34)31(42)37-17-14-20(15-18-37)13-16-35-25-6-4-5-23-28(25)32(43)38(30(23)41)26-11-12-27(39)36-29(26)40/h4-10,20,24,26,35H,11-19,34H2,1-3H3,(H,36,39,40)/t24-,26?/m0/s1. The summed E-state index contributed by atoms with van der Waals surface area (Å²) >= 11 is 0. The molecule has 228 valence electrons. The smallest absolute Gasteiger partial charge is 0.264 e. The molecular formula is C33H41N5O5. The van der Waals surface area contributed by atoms with Crippen LogP contribution >= 0.6 is 0 Å². The van der Waals surface area contributed by atoms with E-state index in [1.807, 2.05) is 4.90 Å². The second-order valence-electron chi connectivity index (χ2n) is 12.9. The summed E-state index contributed by atoms with van der Waals surface area (Å²) in [6, 6.07) is 11.8. The number of nitrogens with zero attached hydrogens (tertiary/aromatic N) is 2. The fraction of sp³-hybridized carbons (Fsp3) is 0.485. The van der Waals surface area contributed by atoms with E-state index in [9.17, 15) is 24.0 Å². The van der Waals surface area contributed by atoms with Gasteiger partial charge in [0.2, 0.25) is 17.7 Å². The third kappa shape index (κ3) is 6.49. The van der Waals surface area contributed by atoms with Crippen LogP contribution in [-0.4, -0.2) is 71.1 Å². The lowest BCUT2D eigenvalue weighted by Crippen LogP contribution is -2.54. The molecule has 3 aliphatic rings. The van der Waals surface area contributed by atoms with Crippen molar-refractivity contribution in [3.05, 3.63) is 64.7 Å². The highest BCUT2D eigenvalue weighted by Crippen LogP contribution is 2.33. The zero-order chi connectivity index (χ0) is 30.9. The van der Waals surface area contributed by atoms with E-state index in [2.05, 4.69) is 55.7 Å². The molecule has 2 atom stereocenters. The number of nitrogens with two attached hydrogens (primary N) is 1. The average molecular weight is 588 g/mol. The molecule has 0 saturated carbocycles. The summed E-state index contributed by atoms with van der Waals surface area (Å²) in [5.74, 6) is -1.67. The molecule has 0 spiro atoms. The topological polar surface area (TPSA) is 142 Å². The number of carbonyl (C=O) groups excluding carboxylic acids is 5. The summed E-state index contributed by atoms with van der Waals surface area (Å²) in [5, 5.41) is 5.54. The summed E-state index contributed by atoms with van der Waals surface area (Å²) in [6.07, 6.45) is 3.29. The minimum absolute atomic E-state index is 0.0138. The molecule has 10 nitrogen and oxygen atoms in total. The molecule has 2 aromatic carbocycles. The van der Waals surface area contributed by atoms with E-state index >= 15 is 0 Å². The molecule has 4 N–H and O–H groups in total. The van der Waals surface area contributed by atoms with E-state index in [0.29, 0.717) is 37.7 Å². The average Bonchev–Trinajstić information content (AvgIpc) is 3.23. The van der Waals surface area contributed by atoms with Gasteiger partial charge in [-0.2, -0.15) is 0 Å². The van der Waals surface area contributed by atoms with Crippen LogP contribution in [0.2, 0.25) is 0 Å². The lowest BCUT2D eigenvalue weighted by Gasteiger charge is -2.33. The summed E-state index contributed by atoms with van der Waals surface area (Å²) in [5.41, 5.74) is 9.79. The Balaban J connectivity index is 1.10. The van der Waals surface area contributed by atoms with Crippen molar-refractivity contribution in [2.75, 3.05) is 25.0 Å². The van der Waals surface area contributed by atoms with Crippen LogP contribution in [0.1, 0.15) is 84.7 Å². The lowest BCUT2D eigenvalue weighted by atomic mass is 9.86. The molecule has 5 rings (SSSR count). The predicted molar refractivity (Wildman–Crippen MR) is 162 cm³/mol. The first-order valence-corrected chi connectivity index (χ1v) is 15.2. The molecular weight excluding hydrogens is 546 g/mol. The second kappa shape index (κ2) is 12.3. The van der Waals surface area contributed by atoms with Crippen molar-refractivity contribution >= 4 is 35.2 Å². The maximum atomic E-state index is 13.3. The maximum absolute atomic E-state index is 13.3. The molecule has 43 heavy (non-hydrogen) atoms. The maximum Gasteiger partial charge on any atom is 0.264 e. The highest BCUT2D eigenvalue weighted by atomic mass is 16.2. The van der Waals surface area contributed by atoms with Crippen molar-refractivity contribution in [3.63, 3.8) is 0 Å². The van der Waals surface area contributed by atoms with Gasteiger partial charge in [0.1, 0.15) is 6.04 Å². The van der Waals surface area contributed by atoms with Crippen LogP contribution in [0.3, 0.4) is 0 Å². The number of amides is 5. The van der Waals surface area contributed by atoms with Gasteiger partial charge in [0.05, 0.1) is 17.2 Å².